The van der Waals surface area contributed by atoms with Crippen molar-refractivity contribution in [1.82, 2.24) is 9.88 Å². The standard InChI is InChI=1S/C23H20Cl2F2N2OS/c1-31(30)23(16-8-19(26)10-20(27)9-16)17-12-29(13-17)22(14-2-5-18(24)6-3-14)15-4-7-21(25)28-11-15/h2-11,17,22-23H,12-13H2,1H3. The second-order valence-electron chi connectivity index (χ2n) is 7.70. The lowest BCUT2D eigenvalue weighted by molar-refractivity contribution is 0.0661. The van der Waals surface area contributed by atoms with Crippen molar-refractivity contribution in [1.29, 1.82) is 0 Å². The SMILES string of the molecule is CS(=O)C(c1cc(F)cc(F)c1)C1CN(C(c2ccc(Cl)cc2)c2ccc(Cl)nc2)C1. The first kappa shape index (κ1) is 22.3. The van der Waals surface area contributed by atoms with E-state index in [9.17, 15) is 13.0 Å². The smallest absolute Gasteiger partial charge is 0.129 e. The number of hydrogen-bond donors (Lipinski definition) is 0. The highest BCUT2D eigenvalue weighted by Gasteiger charge is 2.40. The van der Waals surface area contributed by atoms with Crippen LogP contribution in [-0.2, 0) is 10.8 Å². The van der Waals surface area contributed by atoms with Gasteiger partial charge in [-0.3, -0.25) is 9.11 Å². The Kier molecular flexibility index (Phi) is 6.72. The first-order valence-electron chi connectivity index (χ1n) is 9.71. The first-order chi connectivity index (χ1) is 14.8. The van der Waals surface area contributed by atoms with Crippen LogP contribution < -0.4 is 0 Å². The van der Waals surface area contributed by atoms with Crippen LogP contribution >= 0.6 is 23.2 Å². The summed E-state index contributed by atoms with van der Waals surface area (Å²) in [6.45, 7) is 1.25. The van der Waals surface area contributed by atoms with Gasteiger partial charge in [-0.25, -0.2) is 13.8 Å². The van der Waals surface area contributed by atoms with Crippen molar-refractivity contribution in [3.63, 3.8) is 0 Å². The quantitative estimate of drug-likeness (QED) is 0.417. The predicted molar refractivity (Wildman–Crippen MR) is 121 cm³/mol. The van der Waals surface area contributed by atoms with Gasteiger partial charge >= 0.3 is 0 Å². The average molecular weight is 481 g/mol. The summed E-state index contributed by atoms with van der Waals surface area (Å²) in [5.74, 6) is -1.32. The van der Waals surface area contributed by atoms with E-state index in [2.05, 4.69) is 9.88 Å². The molecule has 8 heteroatoms. The Labute approximate surface area is 192 Å². The van der Waals surface area contributed by atoms with Crippen molar-refractivity contribution in [3.8, 4) is 0 Å². The summed E-state index contributed by atoms with van der Waals surface area (Å²) < 4.78 is 40.0. The molecule has 1 aromatic heterocycles. The number of benzene rings is 2. The highest BCUT2D eigenvalue weighted by atomic mass is 35.5. The zero-order valence-corrected chi connectivity index (χ0v) is 19.0. The third-order valence-electron chi connectivity index (χ3n) is 5.55. The van der Waals surface area contributed by atoms with Crippen LogP contribution in [0.15, 0.2) is 60.8 Å². The normalized spacial score (nSPS) is 17.7. The summed E-state index contributed by atoms with van der Waals surface area (Å²) in [6, 6.07) is 14.6. The molecule has 0 saturated carbocycles. The number of likely N-dealkylation sites (tertiary alicyclic amines) is 1. The molecule has 0 spiro atoms. The number of halogens is 4. The van der Waals surface area contributed by atoms with E-state index in [4.69, 9.17) is 23.2 Å². The number of aromatic nitrogens is 1. The summed E-state index contributed by atoms with van der Waals surface area (Å²) in [5.41, 5.74) is 2.44. The predicted octanol–water partition coefficient (Wildman–Crippen LogP) is 5.81. The molecule has 0 amide bonds. The number of rotatable bonds is 6. The second kappa shape index (κ2) is 9.33. The van der Waals surface area contributed by atoms with E-state index in [1.807, 2.05) is 30.3 Å². The molecule has 0 aliphatic carbocycles. The fraction of sp³-hybridized carbons (Fsp3) is 0.261. The largest absolute Gasteiger partial charge is 0.292 e. The summed E-state index contributed by atoms with van der Waals surface area (Å²) in [5, 5.41) is 0.609. The second-order valence-corrected chi connectivity index (χ2v) is 10.0. The van der Waals surface area contributed by atoms with Gasteiger partial charge in [-0.05, 0) is 47.0 Å². The molecular formula is C23H20Cl2F2N2OS. The molecule has 3 unspecified atom stereocenters. The third-order valence-corrected chi connectivity index (χ3v) is 7.40. The Morgan fingerprint density at radius 1 is 0.968 bits per heavy atom. The molecule has 2 heterocycles. The Morgan fingerprint density at radius 2 is 1.58 bits per heavy atom. The molecule has 0 radical (unpaired) electrons. The van der Waals surface area contributed by atoms with Crippen LogP contribution in [0.2, 0.25) is 10.2 Å². The summed E-state index contributed by atoms with van der Waals surface area (Å²) in [7, 11) is -1.28. The van der Waals surface area contributed by atoms with Crippen molar-refractivity contribution >= 4 is 34.0 Å². The van der Waals surface area contributed by atoms with Crippen LogP contribution in [0.4, 0.5) is 8.78 Å². The highest BCUT2D eigenvalue weighted by Crippen LogP contribution is 2.41. The maximum atomic E-state index is 13.8. The molecule has 3 nitrogen and oxygen atoms in total. The van der Waals surface area contributed by atoms with Gasteiger partial charge in [0, 0.05) is 53.3 Å². The summed E-state index contributed by atoms with van der Waals surface area (Å²) in [6.07, 6.45) is 3.32. The topological polar surface area (TPSA) is 33.2 Å². The first-order valence-corrected chi connectivity index (χ1v) is 12.1. The van der Waals surface area contributed by atoms with Crippen LogP contribution in [0.25, 0.3) is 0 Å². The minimum absolute atomic E-state index is 0.00194. The maximum Gasteiger partial charge on any atom is 0.129 e. The molecule has 3 atom stereocenters. The van der Waals surface area contributed by atoms with Crippen molar-refractivity contribution in [2.24, 2.45) is 5.92 Å². The van der Waals surface area contributed by atoms with Crippen molar-refractivity contribution in [2.45, 2.75) is 11.3 Å². The highest BCUT2D eigenvalue weighted by molar-refractivity contribution is 7.84. The van der Waals surface area contributed by atoms with Gasteiger partial charge in [-0.15, -0.1) is 0 Å². The Morgan fingerprint density at radius 3 is 2.13 bits per heavy atom. The number of hydrogen-bond acceptors (Lipinski definition) is 3. The van der Waals surface area contributed by atoms with Crippen LogP contribution in [0.1, 0.15) is 28.0 Å². The van der Waals surface area contributed by atoms with Crippen LogP contribution in [0.3, 0.4) is 0 Å². The lowest BCUT2D eigenvalue weighted by atomic mass is 9.87. The molecule has 0 bridgehead atoms. The van der Waals surface area contributed by atoms with Gasteiger partial charge in [-0.1, -0.05) is 41.4 Å². The van der Waals surface area contributed by atoms with Gasteiger partial charge in [0.05, 0.1) is 11.3 Å². The van der Waals surface area contributed by atoms with Crippen molar-refractivity contribution in [2.75, 3.05) is 19.3 Å². The average Bonchev–Trinajstić information content (AvgIpc) is 2.67. The Balaban J connectivity index is 1.61. The summed E-state index contributed by atoms with van der Waals surface area (Å²) >= 11 is 12.0. The van der Waals surface area contributed by atoms with Gasteiger partial charge in [0.25, 0.3) is 0 Å². The molecule has 1 saturated heterocycles. The number of nitrogens with zero attached hydrogens (tertiary/aromatic N) is 2. The van der Waals surface area contributed by atoms with E-state index in [1.54, 1.807) is 18.5 Å². The Bertz CT molecular complexity index is 1020. The van der Waals surface area contributed by atoms with E-state index in [0.29, 0.717) is 28.8 Å². The summed E-state index contributed by atoms with van der Waals surface area (Å²) in [4.78, 5) is 6.44. The van der Waals surface area contributed by atoms with Gasteiger partial charge in [0.1, 0.15) is 16.8 Å². The minimum atomic E-state index is -1.28. The zero-order chi connectivity index (χ0) is 22.1. The molecule has 0 N–H and O–H groups in total. The Hall–Kier alpha value is -1.86. The zero-order valence-electron chi connectivity index (χ0n) is 16.6. The fourth-order valence-electron chi connectivity index (χ4n) is 4.23. The molecule has 4 rings (SSSR count). The molecule has 3 aromatic rings. The van der Waals surface area contributed by atoms with Crippen molar-refractivity contribution in [3.05, 3.63) is 99.3 Å². The van der Waals surface area contributed by atoms with Gasteiger partial charge < -0.3 is 0 Å². The van der Waals surface area contributed by atoms with E-state index in [1.165, 1.54) is 12.1 Å². The van der Waals surface area contributed by atoms with Crippen LogP contribution in [0, 0.1) is 17.6 Å². The van der Waals surface area contributed by atoms with Crippen LogP contribution in [-0.4, -0.2) is 33.4 Å². The third kappa shape index (κ3) is 4.98. The van der Waals surface area contributed by atoms with Crippen molar-refractivity contribution < 1.29 is 13.0 Å². The van der Waals surface area contributed by atoms with E-state index < -0.39 is 27.7 Å². The molecule has 1 aliphatic rings. The maximum absolute atomic E-state index is 13.8. The van der Waals surface area contributed by atoms with E-state index >= 15 is 0 Å². The molecule has 1 fully saturated rings. The molecule has 2 aromatic carbocycles. The molecule has 31 heavy (non-hydrogen) atoms. The monoisotopic (exact) mass is 480 g/mol. The van der Waals surface area contributed by atoms with Gasteiger partial charge in [0.15, 0.2) is 0 Å². The molecular weight excluding hydrogens is 461 g/mol. The molecule has 162 valence electrons. The lowest BCUT2D eigenvalue weighted by Crippen LogP contribution is -2.51. The van der Waals surface area contributed by atoms with Gasteiger partial charge in [-0.2, -0.15) is 0 Å². The van der Waals surface area contributed by atoms with Crippen LogP contribution in [0.5, 0.6) is 0 Å². The minimum Gasteiger partial charge on any atom is -0.292 e. The number of pyridine rings is 1. The molecule has 1 aliphatic heterocycles. The van der Waals surface area contributed by atoms with E-state index in [-0.39, 0.29) is 12.0 Å². The van der Waals surface area contributed by atoms with Gasteiger partial charge in [0.2, 0.25) is 0 Å². The fourth-order valence-corrected chi connectivity index (χ4v) is 5.70. The lowest BCUT2D eigenvalue weighted by Gasteiger charge is -2.47. The van der Waals surface area contributed by atoms with E-state index in [0.717, 1.165) is 17.2 Å².